The lowest BCUT2D eigenvalue weighted by atomic mass is 9.80. The summed E-state index contributed by atoms with van der Waals surface area (Å²) < 4.78 is 10.5. The molecule has 0 aliphatic carbocycles. The van der Waals surface area contributed by atoms with E-state index < -0.39 is 5.66 Å². The predicted molar refractivity (Wildman–Crippen MR) is 89.4 cm³/mol. The lowest BCUT2D eigenvalue weighted by molar-refractivity contribution is -0.156. The molecule has 0 aromatic rings. The Kier molecular flexibility index (Phi) is 5.38. The molecule has 3 rings (SSSR count). The summed E-state index contributed by atoms with van der Waals surface area (Å²) in [4.78, 5) is 26.7. The van der Waals surface area contributed by atoms with Gasteiger partial charge in [-0.1, -0.05) is 0 Å². The summed E-state index contributed by atoms with van der Waals surface area (Å²) in [7, 11) is 1.39. The number of carbonyl (C=O) groups excluding carboxylic acids is 2. The molecule has 1 amide bonds. The molecule has 0 bridgehead atoms. The molecule has 0 aromatic carbocycles. The highest BCUT2D eigenvalue weighted by molar-refractivity contribution is 5.79. The standard InChI is InChI=1S/C18H25N3O4/c1-3-4-7-18(19-20-18)8-5-16(22)21-11-13(17(23)24-2)10-14-12-25-9-6-15(14)21/h1,13-15H,4-12H2,2H3/t13-,14-,15-/m1/s1. The number of ether oxygens (including phenoxy) is 2. The second-order valence-corrected chi connectivity index (χ2v) is 7.08. The zero-order chi connectivity index (χ0) is 17.9. The van der Waals surface area contributed by atoms with Crippen LogP contribution >= 0.6 is 0 Å². The number of rotatable bonds is 6. The van der Waals surface area contributed by atoms with E-state index in [1.807, 2.05) is 4.90 Å². The van der Waals surface area contributed by atoms with Crippen LogP contribution in [-0.4, -0.2) is 55.3 Å². The molecule has 2 fully saturated rings. The van der Waals surface area contributed by atoms with Crippen LogP contribution in [0.5, 0.6) is 0 Å². The third kappa shape index (κ3) is 4.01. The maximum Gasteiger partial charge on any atom is 0.310 e. The number of hydrogen-bond acceptors (Lipinski definition) is 6. The van der Waals surface area contributed by atoms with E-state index in [1.54, 1.807) is 0 Å². The molecule has 0 radical (unpaired) electrons. The zero-order valence-corrected chi connectivity index (χ0v) is 14.6. The molecule has 3 aliphatic rings. The Bertz CT molecular complexity index is 592. The van der Waals surface area contributed by atoms with Gasteiger partial charge in [-0.25, -0.2) is 0 Å². The van der Waals surface area contributed by atoms with Crippen LogP contribution in [0.15, 0.2) is 10.2 Å². The Labute approximate surface area is 148 Å². The average Bonchev–Trinajstić information content (AvgIpc) is 3.43. The van der Waals surface area contributed by atoms with Crippen molar-refractivity contribution in [1.29, 1.82) is 0 Å². The van der Waals surface area contributed by atoms with Gasteiger partial charge in [0.15, 0.2) is 5.66 Å². The Morgan fingerprint density at radius 1 is 1.40 bits per heavy atom. The van der Waals surface area contributed by atoms with E-state index in [-0.39, 0.29) is 29.8 Å². The highest BCUT2D eigenvalue weighted by Gasteiger charge is 2.44. The van der Waals surface area contributed by atoms with Gasteiger partial charge >= 0.3 is 5.97 Å². The lowest BCUT2D eigenvalue weighted by Crippen LogP contribution is -2.56. The second kappa shape index (κ2) is 7.52. The number of fused-ring (bicyclic) bond motifs is 1. The van der Waals surface area contributed by atoms with Gasteiger partial charge in [-0.15, -0.1) is 12.3 Å². The third-order valence-electron chi connectivity index (χ3n) is 5.49. The zero-order valence-electron chi connectivity index (χ0n) is 14.6. The van der Waals surface area contributed by atoms with Crippen LogP contribution < -0.4 is 0 Å². The largest absolute Gasteiger partial charge is 0.469 e. The van der Waals surface area contributed by atoms with Crippen molar-refractivity contribution in [3.63, 3.8) is 0 Å². The average molecular weight is 347 g/mol. The number of esters is 1. The predicted octanol–water partition coefficient (Wildman–Crippen LogP) is 1.77. The fourth-order valence-electron chi connectivity index (χ4n) is 3.98. The highest BCUT2D eigenvalue weighted by Crippen LogP contribution is 2.39. The van der Waals surface area contributed by atoms with E-state index in [2.05, 4.69) is 16.1 Å². The van der Waals surface area contributed by atoms with Crippen molar-refractivity contribution in [2.24, 2.45) is 22.1 Å². The number of nitrogens with zero attached hydrogens (tertiary/aromatic N) is 3. The molecule has 3 aliphatic heterocycles. The molecule has 0 N–H and O–H groups in total. The van der Waals surface area contributed by atoms with Gasteiger partial charge < -0.3 is 14.4 Å². The van der Waals surface area contributed by atoms with Gasteiger partial charge in [-0.2, -0.15) is 10.2 Å². The number of methoxy groups -OCH3 is 1. The summed E-state index contributed by atoms with van der Waals surface area (Å²) in [5, 5.41) is 8.18. The van der Waals surface area contributed by atoms with Gasteiger partial charge in [0, 0.05) is 50.8 Å². The molecule has 7 heteroatoms. The van der Waals surface area contributed by atoms with Crippen LogP contribution in [0.25, 0.3) is 0 Å². The van der Waals surface area contributed by atoms with Crippen molar-refractivity contribution in [3.05, 3.63) is 0 Å². The molecular weight excluding hydrogens is 322 g/mol. The van der Waals surface area contributed by atoms with Crippen LogP contribution in [0, 0.1) is 24.2 Å². The SMILES string of the molecule is C#CCCC1(CCC(=O)N2C[C@H](C(=O)OC)C[C@@H]3COCC[C@H]32)N=N1. The van der Waals surface area contributed by atoms with Crippen LogP contribution in [0.3, 0.4) is 0 Å². The molecule has 3 heterocycles. The van der Waals surface area contributed by atoms with Crippen LogP contribution in [-0.2, 0) is 19.1 Å². The number of carbonyl (C=O) groups is 2. The quantitative estimate of drug-likeness (QED) is 0.542. The topological polar surface area (TPSA) is 80.6 Å². The first-order chi connectivity index (χ1) is 12.1. The smallest absolute Gasteiger partial charge is 0.310 e. The van der Waals surface area contributed by atoms with Gasteiger partial charge in [0.25, 0.3) is 0 Å². The fourth-order valence-corrected chi connectivity index (χ4v) is 3.98. The highest BCUT2D eigenvalue weighted by atomic mass is 16.5. The van der Waals surface area contributed by atoms with Crippen molar-refractivity contribution in [2.45, 2.75) is 50.2 Å². The van der Waals surface area contributed by atoms with Crippen molar-refractivity contribution in [1.82, 2.24) is 4.90 Å². The monoisotopic (exact) mass is 347 g/mol. The summed E-state index contributed by atoms with van der Waals surface area (Å²) in [6, 6.07) is 0.150. The first kappa shape index (κ1) is 17.9. The van der Waals surface area contributed by atoms with Crippen molar-refractivity contribution in [2.75, 3.05) is 26.9 Å². The van der Waals surface area contributed by atoms with Gasteiger partial charge in [0.2, 0.25) is 5.91 Å². The first-order valence-corrected chi connectivity index (χ1v) is 8.91. The minimum absolute atomic E-state index is 0.0582. The third-order valence-corrected chi connectivity index (χ3v) is 5.49. The van der Waals surface area contributed by atoms with Gasteiger partial charge in [0.05, 0.1) is 19.6 Å². The fraction of sp³-hybridized carbons (Fsp3) is 0.778. The Morgan fingerprint density at radius 3 is 2.88 bits per heavy atom. The van der Waals surface area contributed by atoms with E-state index >= 15 is 0 Å². The van der Waals surface area contributed by atoms with Gasteiger partial charge in [-0.05, 0) is 12.8 Å². The molecule has 0 unspecified atom stereocenters. The van der Waals surface area contributed by atoms with Gasteiger partial charge in [0.1, 0.15) is 0 Å². The normalized spacial score (nSPS) is 29.4. The van der Waals surface area contributed by atoms with E-state index in [4.69, 9.17) is 15.9 Å². The molecule has 3 atom stereocenters. The van der Waals surface area contributed by atoms with Gasteiger partial charge in [-0.3, -0.25) is 9.59 Å². The Morgan fingerprint density at radius 2 is 2.20 bits per heavy atom. The number of piperidine rings is 1. The molecule has 0 saturated carbocycles. The van der Waals surface area contributed by atoms with Crippen molar-refractivity contribution < 1.29 is 19.1 Å². The van der Waals surface area contributed by atoms with Crippen molar-refractivity contribution >= 4 is 11.9 Å². The van der Waals surface area contributed by atoms with Crippen LogP contribution in [0.4, 0.5) is 0 Å². The van der Waals surface area contributed by atoms with E-state index in [9.17, 15) is 9.59 Å². The first-order valence-electron chi connectivity index (χ1n) is 8.91. The number of amides is 1. The molecule has 0 aromatic heterocycles. The Balaban J connectivity index is 1.62. The van der Waals surface area contributed by atoms with E-state index in [0.29, 0.717) is 45.4 Å². The molecular formula is C18H25N3O4. The van der Waals surface area contributed by atoms with Crippen LogP contribution in [0.2, 0.25) is 0 Å². The molecule has 2 saturated heterocycles. The molecule has 0 spiro atoms. The summed E-state index contributed by atoms with van der Waals surface area (Å²) >= 11 is 0. The van der Waals surface area contributed by atoms with Crippen molar-refractivity contribution in [3.8, 4) is 12.3 Å². The lowest BCUT2D eigenvalue weighted by Gasteiger charge is -2.46. The molecule has 25 heavy (non-hydrogen) atoms. The van der Waals surface area contributed by atoms with E-state index in [1.165, 1.54) is 7.11 Å². The summed E-state index contributed by atoms with van der Waals surface area (Å²) in [6.45, 7) is 1.68. The number of terminal acetylenes is 1. The Hall–Kier alpha value is -1.94. The number of likely N-dealkylation sites (tertiary alicyclic amines) is 1. The summed E-state index contributed by atoms with van der Waals surface area (Å²) in [6.07, 6.45) is 9.10. The summed E-state index contributed by atoms with van der Waals surface area (Å²) in [5.41, 5.74) is -0.450. The van der Waals surface area contributed by atoms with Crippen LogP contribution in [0.1, 0.15) is 38.5 Å². The second-order valence-electron chi connectivity index (χ2n) is 7.08. The van der Waals surface area contributed by atoms with E-state index in [0.717, 1.165) is 12.8 Å². The number of hydrogen-bond donors (Lipinski definition) is 0. The minimum Gasteiger partial charge on any atom is -0.469 e. The molecule has 7 nitrogen and oxygen atoms in total. The minimum atomic E-state index is -0.450. The molecule has 136 valence electrons. The maximum absolute atomic E-state index is 12.9. The maximum atomic E-state index is 12.9. The summed E-state index contributed by atoms with van der Waals surface area (Å²) in [5.74, 6) is 2.32.